The monoisotopic (exact) mass is 282 g/mol. The lowest BCUT2D eigenvalue weighted by molar-refractivity contribution is 0.244. The van der Waals surface area contributed by atoms with Gasteiger partial charge in [-0.05, 0) is 57.8 Å². The Morgan fingerprint density at radius 3 is 0.950 bits per heavy atom. The van der Waals surface area contributed by atoms with E-state index in [-0.39, 0.29) is 11.1 Å². The Morgan fingerprint density at radius 1 is 0.500 bits per heavy atom. The summed E-state index contributed by atoms with van der Waals surface area (Å²) in [5.74, 6) is 0. The first-order valence-electron chi connectivity index (χ1n) is 8.70. The van der Waals surface area contributed by atoms with Crippen molar-refractivity contribution in [2.45, 2.75) is 109 Å². The molecule has 0 spiro atoms. The van der Waals surface area contributed by atoms with Crippen LogP contribution in [0.1, 0.15) is 98.3 Å². The van der Waals surface area contributed by atoms with E-state index in [9.17, 15) is 0 Å². The maximum atomic E-state index is 5.78. The minimum Gasteiger partial charge on any atom is -0.325 e. The van der Waals surface area contributed by atoms with Gasteiger partial charge in [0.15, 0.2) is 0 Å². The van der Waals surface area contributed by atoms with Crippen LogP contribution in [0.2, 0.25) is 0 Å². The SMILES string of the molecule is CC1(C)CCCCC1.CC1(N)CC1.CC1(N)CCCC1. The lowest BCUT2D eigenvalue weighted by Gasteiger charge is -2.28. The fourth-order valence-electron chi connectivity index (χ4n) is 2.89. The summed E-state index contributed by atoms with van der Waals surface area (Å²) in [7, 11) is 0. The van der Waals surface area contributed by atoms with Gasteiger partial charge in [-0.2, -0.15) is 0 Å². The summed E-state index contributed by atoms with van der Waals surface area (Å²) in [6, 6.07) is 0. The van der Waals surface area contributed by atoms with Gasteiger partial charge < -0.3 is 11.5 Å². The van der Waals surface area contributed by atoms with Crippen LogP contribution in [0.3, 0.4) is 0 Å². The van der Waals surface area contributed by atoms with Crippen molar-refractivity contribution in [3.05, 3.63) is 0 Å². The first-order valence-corrected chi connectivity index (χ1v) is 8.70. The molecule has 0 atom stereocenters. The number of hydrogen-bond donors (Lipinski definition) is 2. The lowest BCUT2D eigenvalue weighted by atomic mass is 9.78. The Morgan fingerprint density at radius 2 is 0.800 bits per heavy atom. The van der Waals surface area contributed by atoms with Crippen molar-refractivity contribution >= 4 is 0 Å². The third-order valence-corrected chi connectivity index (χ3v) is 4.99. The molecule has 0 aliphatic heterocycles. The van der Waals surface area contributed by atoms with Gasteiger partial charge in [0.1, 0.15) is 0 Å². The first-order chi connectivity index (χ1) is 9.12. The summed E-state index contributed by atoms with van der Waals surface area (Å²) in [6.45, 7) is 8.98. The molecule has 3 rings (SSSR count). The Kier molecular flexibility index (Phi) is 6.53. The maximum Gasteiger partial charge on any atom is 0.0127 e. The van der Waals surface area contributed by atoms with E-state index in [1.54, 1.807) is 0 Å². The molecule has 3 saturated carbocycles. The molecule has 0 amide bonds. The number of rotatable bonds is 0. The zero-order valence-corrected chi connectivity index (χ0v) is 14.4. The van der Waals surface area contributed by atoms with Crippen LogP contribution in [0.4, 0.5) is 0 Å². The van der Waals surface area contributed by atoms with Crippen LogP contribution in [0, 0.1) is 5.41 Å². The molecule has 0 aromatic carbocycles. The molecular weight excluding hydrogens is 244 g/mol. The molecule has 0 radical (unpaired) electrons. The van der Waals surface area contributed by atoms with Crippen molar-refractivity contribution in [1.82, 2.24) is 0 Å². The van der Waals surface area contributed by atoms with E-state index in [1.807, 2.05) is 0 Å². The van der Waals surface area contributed by atoms with E-state index >= 15 is 0 Å². The fraction of sp³-hybridized carbons (Fsp3) is 1.00. The van der Waals surface area contributed by atoms with E-state index in [1.165, 1.54) is 70.6 Å². The van der Waals surface area contributed by atoms with E-state index in [0.717, 1.165) is 0 Å². The predicted molar refractivity (Wildman–Crippen MR) is 89.8 cm³/mol. The minimum atomic E-state index is 0.194. The van der Waals surface area contributed by atoms with Gasteiger partial charge in [-0.15, -0.1) is 0 Å². The van der Waals surface area contributed by atoms with Crippen molar-refractivity contribution in [2.75, 3.05) is 0 Å². The molecule has 2 heteroatoms. The predicted octanol–water partition coefficient (Wildman–Crippen LogP) is 4.75. The van der Waals surface area contributed by atoms with Crippen molar-refractivity contribution in [1.29, 1.82) is 0 Å². The molecule has 3 fully saturated rings. The van der Waals surface area contributed by atoms with Crippen LogP contribution in [0.15, 0.2) is 0 Å². The quantitative estimate of drug-likeness (QED) is 0.673. The van der Waals surface area contributed by atoms with Gasteiger partial charge in [0.2, 0.25) is 0 Å². The summed E-state index contributed by atoms with van der Waals surface area (Å²) in [4.78, 5) is 0. The highest BCUT2D eigenvalue weighted by molar-refractivity contribution is 4.93. The molecule has 0 aromatic heterocycles. The van der Waals surface area contributed by atoms with Crippen molar-refractivity contribution in [2.24, 2.45) is 16.9 Å². The lowest BCUT2D eigenvalue weighted by Crippen LogP contribution is -2.31. The smallest absolute Gasteiger partial charge is 0.0127 e. The third kappa shape index (κ3) is 8.97. The highest BCUT2D eigenvalue weighted by atomic mass is 14.8. The van der Waals surface area contributed by atoms with E-state index in [0.29, 0.717) is 5.41 Å². The molecule has 2 nitrogen and oxygen atoms in total. The van der Waals surface area contributed by atoms with Gasteiger partial charge in [-0.1, -0.05) is 46.0 Å². The van der Waals surface area contributed by atoms with Gasteiger partial charge in [-0.3, -0.25) is 0 Å². The van der Waals surface area contributed by atoms with Crippen molar-refractivity contribution < 1.29 is 0 Å². The van der Waals surface area contributed by atoms with Gasteiger partial charge in [0.05, 0.1) is 0 Å². The van der Waals surface area contributed by atoms with Crippen LogP contribution in [0.5, 0.6) is 0 Å². The Bertz CT molecular complexity index is 257. The molecule has 120 valence electrons. The minimum absolute atomic E-state index is 0.194. The summed E-state index contributed by atoms with van der Waals surface area (Å²) in [5, 5.41) is 0. The summed E-state index contributed by atoms with van der Waals surface area (Å²) < 4.78 is 0. The highest BCUT2D eigenvalue weighted by Gasteiger charge is 2.31. The van der Waals surface area contributed by atoms with Gasteiger partial charge >= 0.3 is 0 Å². The second-order valence-electron chi connectivity index (χ2n) is 8.74. The Labute approximate surface area is 127 Å². The molecule has 0 heterocycles. The maximum absolute atomic E-state index is 5.78. The topological polar surface area (TPSA) is 52.0 Å². The van der Waals surface area contributed by atoms with Crippen molar-refractivity contribution in [3.63, 3.8) is 0 Å². The summed E-state index contributed by atoms with van der Waals surface area (Å²) in [6.07, 6.45) is 14.9. The van der Waals surface area contributed by atoms with Crippen molar-refractivity contribution in [3.8, 4) is 0 Å². The van der Waals surface area contributed by atoms with Gasteiger partial charge in [0.25, 0.3) is 0 Å². The molecule has 0 unspecified atom stereocenters. The van der Waals surface area contributed by atoms with Crippen LogP contribution < -0.4 is 11.5 Å². The second kappa shape index (κ2) is 7.26. The second-order valence-corrected chi connectivity index (χ2v) is 8.74. The molecule has 20 heavy (non-hydrogen) atoms. The standard InChI is InChI=1S/C8H16.C6H13N.C4H9N/c1-8(2)6-4-3-5-7-8;1-6(7)4-2-3-5-6;1-4(5)2-3-4/h3-7H2,1-2H3;2-5,7H2,1H3;2-3,5H2,1H3. The molecule has 0 saturated heterocycles. The molecule has 4 N–H and O–H groups in total. The van der Waals surface area contributed by atoms with Gasteiger partial charge in [0, 0.05) is 11.1 Å². The van der Waals surface area contributed by atoms with Crippen LogP contribution in [0.25, 0.3) is 0 Å². The Balaban J connectivity index is 0.000000154. The molecule has 0 aromatic rings. The molecular formula is C18H38N2. The number of hydrogen-bond acceptors (Lipinski definition) is 2. The summed E-state index contributed by atoms with van der Waals surface area (Å²) in [5.41, 5.74) is 12.4. The normalized spacial score (nSPS) is 28.5. The summed E-state index contributed by atoms with van der Waals surface area (Å²) >= 11 is 0. The molecule has 3 aliphatic carbocycles. The van der Waals surface area contributed by atoms with E-state index in [2.05, 4.69) is 27.7 Å². The highest BCUT2D eigenvalue weighted by Crippen LogP contribution is 2.34. The largest absolute Gasteiger partial charge is 0.325 e. The van der Waals surface area contributed by atoms with Gasteiger partial charge in [-0.25, -0.2) is 0 Å². The Hall–Kier alpha value is -0.0800. The first kappa shape index (κ1) is 18.0. The molecule has 3 aliphatic rings. The van der Waals surface area contributed by atoms with Crippen LogP contribution >= 0.6 is 0 Å². The fourth-order valence-corrected chi connectivity index (χ4v) is 2.89. The zero-order valence-electron chi connectivity index (χ0n) is 14.4. The van der Waals surface area contributed by atoms with Crippen LogP contribution in [-0.2, 0) is 0 Å². The van der Waals surface area contributed by atoms with E-state index < -0.39 is 0 Å². The molecule has 0 bridgehead atoms. The average molecular weight is 283 g/mol. The average Bonchev–Trinajstić information content (AvgIpc) is 2.85. The zero-order chi connectivity index (χ0) is 15.3. The van der Waals surface area contributed by atoms with Crippen LogP contribution in [-0.4, -0.2) is 11.1 Å². The van der Waals surface area contributed by atoms with E-state index in [4.69, 9.17) is 11.5 Å². The third-order valence-electron chi connectivity index (χ3n) is 4.99. The number of nitrogens with two attached hydrogens (primary N) is 2.